The van der Waals surface area contributed by atoms with Crippen molar-refractivity contribution < 1.29 is 41.8 Å². The molecule has 2 aromatic rings. The van der Waals surface area contributed by atoms with E-state index in [1.807, 2.05) is 43.3 Å². The number of nitrogens with one attached hydrogen (secondary N) is 1. The Bertz CT molecular complexity index is 2030. The fourth-order valence-corrected chi connectivity index (χ4v) is 10.1. The molecule has 310 valence electrons. The standard InChI is InChI=1S/C44H59N3O9S/c1-7-28-20-27(2)12-8-9-13-29-23-44(29,41(51)46-57(52,53)43(6)18-19-43)24-36(48)35-21-31(26-47(35)40(50)34(28)22-38(49)56-42(3,4)5)55-39-33-15-11-10-14-32(33)37(25-45-39)54-30-16-17-30/h9-11,13-15,25,27-31,34-35H,7-8,12,16-24,26H2,1-6H3,(H,46,51)/b13-9-/t27-,28-,29-,31-,34+,35+,44-/m1/s1. The van der Waals surface area contributed by atoms with Crippen LogP contribution in [-0.4, -0.2) is 77.0 Å². The van der Waals surface area contributed by atoms with E-state index in [-0.39, 0.29) is 61.4 Å². The molecule has 1 aromatic heterocycles. The highest BCUT2D eigenvalue weighted by atomic mass is 32.2. The van der Waals surface area contributed by atoms with E-state index in [1.54, 1.807) is 38.8 Å². The molecule has 0 bridgehead atoms. The van der Waals surface area contributed by atoms with Gasteiger partial charge in [0.15, 0.2) is 5.78 Å². The number of sulfonamides is 1. The van der Waals surface area contributed by atoms with E-state index in [1.165, 1.54) is 0 Å². The van der Waals surface area contributed by atoms with E-state index in [0.29, 0.717) is 43.7 Å². The number of hydrogen-bond acceptors (Lipinski definition) is 10. The molecule has 5 aliphatic rings. The van der Waals surface area contributed by atoms with E-state index in [2.05, 4.69) is 16.6 Å². The molecule has 4 fully saturated rings. The zero-order valence-electron chi connectivity index (χ0n) is 34.3. The zero-order chi connectivity index (χ0) is 40.9. The van der Waals surface area contributed by atoms with Gasteiger partial charge in [-0.2, -0.15) is 0 Å². The maximum Gasteiger partial charge on any atom is 0.307 e. The molecule has 2 aliphatic heterocycles. The lowest BCUT2D eigenvalue weighted by Gasteiger charge is -2.33. The molecule has 1 aromatic carbocycles. The Labute approximate surface area is 336 Å². The van der Waals surface area contributed by atoms with Crippen LogP contribution in [0.15, 0.2) is 42.6 Å². The number of fused-ring (bicyclic) bond motifs is 3. The summed E-state index contributed by atoms with van der Waals surface area (Å²) in [5.41, 5.74) is -2.01. The number of Topliss-reactive ketones (excluding diaryl/α,β-unsaturated/α-hetero) is 1. The molecule has 3 aliphatic carbocycles. The second-order valence-corrected chi connectivity index (χ2v) is 20.9. The Morgan fingerprint density at radius 1 is 1.02 bits per heavy atom. The minimum Gasteiger partial charge on any atom is -0.488 e. The minimum atomic E-state index is -3.95. The number of amides is 2. The van der Waals surface area contributed by atoms with Crippen LogP contribution in [0.3, 0.4) is 0 Å². The van der Waals surface area contributed by atoms with Crippen LogP contribution >= 0.6 is 0 Å². The predicted octanol–water partition coefficient (Wildman–Crippen LogP) is 6.84. The second kappa shape index (κ2) is 15.6. The maximum atomic E-state index is 15.1. The van der Waals surface area contributed by atoms with Gasteiger partial charge in [-0.15, -0.1) is 0 Å². The van der Waals surface area contributed by atoms with Crippen LogP contribution in [0.2, 0.25) is 0 Å². The number of carbonyl (C=O) groups is 4. The first-order valence-electron chi connectivity index (χ1n) is 20.9. The van der Waals surface area contributed by atoms with Gasteiger partial charge in [-0.1, -0.05) is 50.6 Å². The minimum absolute atomic E-state index is 0.0671. The van der Waals surface area contributed by atoms with Crippen molar-refractivity contribution in [3.63, 3.8) is 0 Å². The molecule has 3 heterocycles. The van der Waals surface area contributed by atoms with E-state index in [4.69, 9.17) is 14.2 Å². The van der Waals surface area contributed by atoms with Gasteiger partial charge in [0.1, 0.15) is 17.5 Å². The van der Waals surface area contributed by atoms with Crippen LogP contribution in [0.4, 0.5) is 0 Å². The zero-order valence-corrected chi connectivity index (χ0v) is 35.1. The van der Waals surface area contributed by atoms with Gasteiger partial charge in [-0.25, -0.2) is 13.4 Å². The van der Waals surface area contributed by atoms with Gasteiger partial charge in [0.05, 0.1) is 47.4 Å². The van der Waals surface area contributed by atoms with Crippen molar-refractivity contribution in [1.29, 1.82) is 0 Å². The Kier molecular flexibility index (Phi) is 11.3. The second-order valence-electron chi connectivity index (χ2n) is 18.7. The monoisotopic (exact) mass is 805 g/mol. The van der Waals surface area contributed by atoms with Gasteiger partial charge in [-0.05, 0) is 103 Å². The lowest BCUT2D eigenvalue weighted by molar-refractivity contribution is -0.160. The molecule has 3 saturated carbocycles. The molecule has 1 saturated heterocycles. The van der Waals surface area contributed by atoms with Crippen molar-refractivity contribution in [1.82, 2.24) is 14.6 Å². The summed E-state index contributed by atoms with van der Waals surface area (Å²) in [6.45, 7) is 11.2. The van der Waals surface area contributed by atoms with E-state index >= 15 is 4.79 Å². The van der Waals surface area contributed by atoms with Gasteiger partial charge in [-0.3, -0.25) is 23.9 Å². The molecule has 12 nitrogen and oxygen atoms in total. The summed E-state index contributed by atoms with van der Waals surface area (Å²) < 4.78 is 46.4. The smallest absolute Gasteiger partial charge is 0.307 e. The Balaban J connectivity index is 1.23. The Hall–Kier alpha value is -4.00. The van der Waals surface area contributed by atoms with Crippen molar-refractivity contribution in [2.75, 3.05) is 6.54 Å². The molecular weight excluding hydrogens is 747 g/mol. The molecule has 0 spiro atoms. The van der Waals surface area contributed by atoms with Crippen molar-refractivity contribution >= 4 is 44.4 Å². The van der Waals surface area contributed by atoms with Crippen LogP contribution in [0, 0.1) is 29.1 Å². The molecule has 0 unspecified atom stereocenters. The number of carbonyl (C=O) groups excluding carboxylic acids is 4. The van der Waals surface area contributed by atoms with Gasteiger partial charge in [0.2, 0.25) is 27.7 Å². The van der Waals surface area contributed by atoms with Gasteiger partial charge >= 0.3 is 5.97 Å². The van der Waals surface area contributed by atoms with Gasteiger partial charge < -0.3 is 19.1 Å². The maximum absolute atomic E-state index is 15.1. The van der Waals surface area contributed by atoms with E-state index in [9.17, 15) is 22.8 Å². The number of allylic oxidation sites excluding steroid dienone is 2. The number of nitrogens with zero attached hydrogens (tertiary/aromatic N) is 2. The van der Waals surface area contributed by atoms with Crippen molar-refractivity contribution in [2.24, 2.45) is 29.1 Å². The van der Waals surface area contributed by atoms with Crippen molar-refractivity contribution in [2.45, 2.75) is 147 Å². The molecule has 1 N–H and O–H groups in total. The third kappa shape index (κ3) is 9.03. The highest BCUT2D eigenvalue weighted by molar-refractivity contribution is 7.91. The van der Waals surface area contributed by atoms with Crippen LogP contribution in [0.1, 0.15) is 119 Å². The molecule has 7 rings (SSSR count). The number of ether oxygens (including phenoxy) is 3. The highest BCUT2D eigenvalue weighted by Crippen LogP contribution is 2.58. The van der Waals surface area contributed by atoms with Crippen LogP contribution in [0.25, 0.3) is 10.8 Å². The average Bonchev–Trinajstić information content (AvgIpc) is 4.10. The molecule has 2 amide bonds. The third-order valence-electron chi connectivity index (χ3n) is 12.8. The first-order valence-corrected chi connectivity index (χ1v) is 22.4. The fraction of sp³-hybridized carbons (Fsp3) is 0.659. The molecular formula is C44H59N3O9S. The highest BCUT2D eigenvalue weighted by Gasteiger charge is 2.62. The van der Waals surface area contributed by atoms with Gasteiger partial charge in [0.25, 0.3) is 0 Å². The Morgan fingerprint density at radius 2 is 1.74 bits per heavy atom. The SMILES string of the molecule is CC[C@@H]1C[C@H](C)CC/C=C\[C@@H]2C[C@@]2(C(=O)NS(=O)(=O)C2(C)CC2)CC(=O)[C@@H]2C[C@@H](Oc3ncc(OC4CC4)c4ccccc34)CN2C(=O)[C@H]1CC(=O)OC(C)(C)C. The number of pyridine rings is 1. The van der Waals surface area contributed by atoms with Gasteiger partial charge in [0, 0.05) is 23.6 Å². The van der Waals surface area contributed by atoms with E-state index < -0.39 is 55.7 Å². The molecule has 7 atom stereocenters. The number of esters is 1. The van der Waals surface area contributed by atoms with Crippen LogP contribution in [0.5, 0.6) is 11.6 Å². The number of benzene rings is 1. The number of hydrogen-bond donors (Lipinski definition) is 1. The van der Waals surface area contributed by atoms with Crippen LogP contribution < -0.4 is 14.2 Å². The lowest BCUT2D eigenvalue weighted by Crippen LogP contribution is -2.48. The first-order chi connectivity index (χ1) is 26.9. The molecule has 57 heavy (non-hydrogen) atoms. The normalized spacial score (nSPS) is 30.9. The molecule has 13 heteroatoms. The summed E-state index contributed by atoms with van der Waals surface area (Å²) >= 11 is 0. The summed E-state index contributed by atoms with van der Waals surface area (Å²) in [6, 6.07) is 6.71. The third-order valence-corrected chi connectivity index (χ3v) is 14.9. The summed E-state index contributed by atoms with van der Waals surface area (Å²) in [5, 5.41) is 1.59. The average molecular weight is 806 g/mol. The Morgan fingerprint density at radius 3 is 2.40 bits per heavy atom. The number of ketones is 1. The summed E-state index contributed by atoms with van der Waals surface area (Å²) in [5.74, 6) is -1.80. The predicted molar refractivity (Wildman–Crippen MR) is 215 cm³/mol. The summed E-state index contributed by atoms with van der Waals surface area (Å²) in [6.07, 6.45) is 11.1. The summed E-state index contributed by atoms with van der Waals surface area (Å²) in [7, 11) is -3.95. The lowest BCUT2D eigenvalue weighted by atomic mass is 9.79. The summed E-state index contributed by atoms with van der Waals surface area (Å²) in [4.78, 5) is 63.5. The number of aromatic nitrogens is 1. The van der Waals surface area contributed by atoms with E-state index in [0.717, 1.165) is 36.5 Å². The largest absolute Gasteiger partial charge is 0.488 e. The van der Waals surface area contributed by atoms with Crippen molar-refractivity contribution in [3.8, 4) is 11.6 Å². The first kappa shape index (κ1) is 41.2. The fourth-order valence-electron chi connectivity index (χ4n) is 8.76. The van der Waals surface area contributed by atoms with Crippen LogP contribution in [-0.2, 0) is 33.9 Å². The molecule has 0 radical (unpaired) electrons. The topological polar surface area (TPSA) is 158 Å². The quantitative estimate of drug-likeness (QED) is 0.199. The van der Waals surface area contributed by atoms with Crippen molar-refractivity contribution in [3.05, 3.63) is 42.6 Å². The number of rotatable bonds is 10.